The molecule has 0 spiro atoms. The molecular weight excluding hydrogens is 382 g/mol. The van der Waals surface area contributed by atoms with Crippen LogP contribution in [0, 0.1) is 0 Å². The molecule has 26 heavy (non-hydrogen) atoms. The molecule has 0 atom stereocenters. The van der Waals surface area contributed by atoms with Crippen LogP contribution < -0.4 is 0 Å². The molecule has 8 heteroatoms. The van der Waals surface area contributed by atoms with Crippen molar-refractivity contribution < 1.29 is 0 Å². The summed E-state index contributed by atoms with van der Waals surface area (Å²) in [5.74, 6) is 2.36. The second-order valence-electron chi connectivity index (χ2n) is 5.65. The second-order valence-corrected chi connectivity index (χ2v) is 8.84. The molecule has 2 aromatic carbocycles. The number of thioether (sulfide) groups is 2. The molecule has 4 aromatic rings. The van der Waals surface area contributed by atoms with Gasteiger partial charge in [0.25, 0.3) is 0 Å². The van der Waals surface area contributed by atoms with Crippen LogP contribution in [0.15, 0.2) is 69.2 Å². The van der Waals surface area contributed by atoms with E-state index in [4.69, 9.17) is 5.10 Å². The summed E-state index contributed by atoms with van der Waals surface area (Å²) >= 11 is 5.06. The van der Waals surface area contributed by atoms with Crippen LogP contribution in [0.25, 0.3) is 10.2 Å². The number of nitrogens with zero attached hydrogens (tertiary/aromatic N) is 5. The zero-order valence-electron chi connectivity index (χ0n) is 13.6. The van der Waals surface area contributed by atoms with Gasteiger partial charge in [0.05, 0.1) is 21.7 Å². The minimum atomic E-state index is 0.693. The molecule has 0 amide bonds. The number of thiazole rings is 1. The fourth-order valence-electron chi connectivity index (χ4n) is 2.67. The van der Waals surface area contributed by atoms with Crippen molar-refractivity contribution in [3.05, 3.63) is 66.0 Å². The van der Waals surface area contributed by atoms with Crippen molar-refractivity contribution in [2.45, 2.75) is 15.2 Å². The Labute approximate surface area is 162 Å². The third-order valence-electron chi connectivity index (χ3n) is 3.94. The van der Waals surface area contributed by atoms with Crippen LogP contribution in [-0.4, -0.2) is 31.3 Å². The van der Waals surface area contributed by atoms with Crippen LogP contribution in [0.5, 0.6) is 0 Å². The molecule has 3 heterocycles. The lowest BCUT2D eigenvalue weighted by Gasteiger charge is -2.13. The predicted octanol–water partition coefficient (Wildman–Crippen LogP) is 4.54. The quantitative estimate of drug-likeness (QED) is 0.475. The number of aromatic nitrogens is 4. The number of fused-ring (bicyclic) bond motifs is 2. The zero-order chi connectivity index (χ0) is 17.3. The van der Waals surface area contributed by atoms with Gasteiger partial charge in [0.2, 0.25) is 5.16 Å². The Morgan fingerprint density at radius 3 is 2.73 bits per heavy atom. The van der Waals surface area contributed by atoms with E-state index in [1.807, 2.05) is 41.1 Å². The Balaban J connectivity index is 1.40. The largest absolute Gasteiger partial charge is 0.230 e. The lowest BCUT2D eigenvalue weighted by Crippen LogP contribution is -2.14. The minimum Gasteiger partial charge on any atom is -0.230 e. The molecule has 0 saturated carbocycles. The third kappa shape index (κ3) is 3.04. The van der Waals surface area contributed by atoms with E-state index in [2.05, 4.69) is 33.4 Å². The molecule has 0 N–H and O–H groups in total. The second kappa shape index (κ2) is 6.86. The first kappa shape index (κ1) is 16.0. The van der Waals surface area contributed by atoms with E-state index >= 15 is 0 Å². The van der Waals surface area contributed by atoms with E-state index in [-0.39, 0.29) is 0 Å². The van der Waals surface area contributed by atoms with Gasteiger partial charge in [-0.15, -0.1) is 21.5 Å². The van der Waals surface area contributed by atoms with E-state index in [1.54, 1.807) is 34.9 Å². The smallest absolute Gasteiger partial charge is 0.212 e. The summed E-state index contributed by atoms with van der Waals surface area (Å²) in [5, 5.41) is 14.3. The summed E-state index contributed by atoms with van der Waals surface area (Å²) < 4.78 is 4.12. The normalized spacial score (nSPS) is 13.6. The Morgan fingerprint density at radius 1 is 1.00 bits per heavy atom. The van der Waals surface area contributed by atoms with Crippen molar-refractivity contribution in [2.24, 2.45) is 5.10 Å². The molecule has 0 aliphatic carbocycles. The number of hydrogen-bond acceptors (Lipinski definition) is 7. The van der Waals surface area contributed by atoms with Crippen molar-refractivity contribution in [1.29, 1.82) is 0 Å². The fraction of sp³-hybridized carbons (Fsp3) is 0.111. The summed E-state index contributed by atoms with van der Waals surface area (Å²) in [5.41, 5.74) is 3.24. The minimum absolute atomic E-state index is 0.693. The average molecular weight is 396 g/mol. The van der Waals surface area contributed by atoms with E-state index in [1.165, 1.54) is 4.70 Å². The first-order chi connectivity index (χ1) is 12.9. The van der Waals surface area contributed by atoms with E-state index in [0.717, 1.165) is 37.9 Å². The standard InChI is InChI=1S/C18H13N5S3/c1-2-6-12(7-3-1)14-10-24-17-21-20-16(23(17)22-14)11-25-18-19-13-8-4-5-9-15(13)26-18/h1-9H,10-11H2. The van der Waals surface area contributed by atoms with Crippen LogP contribution in [0.3, 0.4) is 0 Å². The van der Waals surface area contributed by atoms with Gasteiger partial charge >= 0.3 is 0 Å². The van der Waals surface area contributed by atoms with Gasteiger partial charge in [-0.25, -0.2) is 4.98 Å². The zero-order valence-corrected chi connectivity index (χ0v) is 16.0. The van der Waals surface area contributed by atoms with Gasteiger partial charge in [0.1, 0.15) is 0 Å². The maximum absolute atomic E-state index is 4.79. The highest BCUT2D eigenvalue weighted by atomic mass is 32.2. The number of rotatable bonds is 4. The van der Waals surface area contributed by atoms with Crippen molar-refractivity contribution >= 4 is 50.8 Å². The van der Waals surface area contributed by atoms with Crippen LogP contribution in [0.2, 0.25) is 0 Å². The Hall–Kier alpha value is -2.16. The van der Waals surface area contributed by atoms with E-state index < -0.39 is 0 Å². The highest BCUT2D eigenvalue weighted by Crippen LogP contribution is 2.32. The van der Waals surface area contributed by atoms with Gasteiger partial charge in [-0.3, -0.25) is 0 Å². The molecule has 0 unspecified atom stereocenters. The molecule has 1 aliphatic rings. The van der Waals surface area contributed by atoms with Crippen LogP contribution in [-0.2, 0) is 5.75 Å². The Kier molecular flexibility index (Phi) is 4.24. The number of benzene rings is 2. The fourth-order valence-corrected chi connectivity index (χ4v) is 5.50. The Bertz CT molecular complexity index is 1070. The number of para-hydroxylation sites is 1. The monoisotopic (exact) mass is 395 g/mol. The van der Waals surface area contributed by atoms with Gasteiger partial charge in [-0.2, -0.15) is 9.78 Å². The Morgan fingerprint density at radius 2 is 1.85 bits per heavy atom. The van der Waals surface area contributed by atoms with Crippen molar-refractivity contribution in [1.82, 2.24) is 19.9 Å². The maximum Gasteiger partial charge on any atom is 0.212 e. The van der Waals surface area contributed by atoms with Crippen LogP contribution in [0.4, 0.5) is 0 Å². The molecule has 0 radical (unpaired) electrons. The third-order valence-corrected chi connectivity index (χ3v) is 7.05. The summed E-state index contributed by atoms with van der Waals surface area (Å²) in [7, 11) is 0. The van der Waals surface area contributed by atoms with Gasteiger partial charge in [-0.05, 0) is 17.7 Å². The highest BCUT2D eigenvalue weighted by Gasteiger charge is 2.20. The molecule has 2 aromatic heterocycles. The summed E-state index contributed by atoms with van der Waals surface area (Å²) in [6, 6.07) is 18.5. The average Bonchev–Trinajstić information content (AvgIpc) is 3.30. The van der Waals surface area contributed by atoms with Gasteiger partial charge in [0.15, 0.2) is 10.2 Å². The lowest BCUT2D eigenvalue weighted by molar-refractivity contribution is 0.731. The van der Waals surface area contributed by atoms with Crippen LogP contribution in [0.1, 0.15) is 11.4 Å². The predicted molar refractivity (Wildman–Crippen MR) is 108 cm³/mol. The van der Waals surface area contributed by atoms with Gasteiger partial charge in [0, 0.05) is 5.75 Å². The summed E-state index contributed by atoms with van der Waals surface area (Å²) in [4.78, 5) is 4.67. The maximum atomic E-state index is 4.79. The molecule has 5 rings (SSSR count). The van der Waals surface area contributed by atoms with Gasteiger partial charge in [-0.1, -0.05) is 66.0 Å². The molecule has 5 nitrogen and oxygen atoms in total. The van der Waals surface area contributed by atoms with Crippen molar-refractivity contribution in [2.75, 3.05) is 5.75 Å². The molecule has 0 bridgehead atoms. The molecular formula is C18H13N5S3. The van der Waals surface area contributed by atoms with Gasteiger partial charge < -0.3 is 0 Å². The topological polar surface area (TPSA) is 56.0 Å². The van der Waals surface area contributed by atoms with E-state index in [0.29, 0.717) is 5.75 Å². The highest BCUT2D eigenvalue weighted by molar-refractivity contribution is 8.00. The molecule has 0 saturated heterocycles. The first-order valence-electron chi connectivity index (χ1n) is 8.05. The molecule has 0 fully saturated rings. The number of hydrogen-bond donors (Lipinski definition) is 0. The first-order valence-corrected chi connectivity index (χ1v) is 10.8. The summed E-state index contributed by atoms with van der Waals surface area (Å²) in [6.07, 6.45) is 0. The summed E-state index contributed by atoms with van der Waals surface area (Å²) in [6.45, 7) is 0. The lowest BCUT2D eigenvalue weighted by atomic mass is 10.1. The van der Waals surface area contributed by atoms with E-state index in [9.17, 15) is 0 Å². The molecule has 1 aliphatic heterocycles. The van der Waals surface area contributed by atoms with Crippen molar-refractivity contribution in [3.63, 3.8) is 0 Å². The SMILES string of the molecule is c1ccc(C2=Nn3c(CSc4nc5ccccc5s4)nnc3SC2)cc1. The van der Waals surface area contributed by atoms with Crippen molar-refractivity contribution in [3.8, 4) is 0 Å². The van der Waals surface area contributed by atoms with Crippen LogP contribution >= 0.6 is 34.9 Å². The molecule has 128 valence electrons.